The Morgan fingerprint density at radius 3 is 1.02 bits per heavy atom. The Morgan fingerprint density at radius 1 is 0.291 bits per heavy atom. The number of benzene rings is 12. The molecule has 0 aliphatic carbocycles. The number of aromatic nitrogens is 4. The Kier molecular flexibility index (Phi) is 34.4. The van der Waals surface area contributed by atoms with E-state index < -0.39 is 0 Å². The molecule has 134 heavy (non-hydrogen) atoms. The lowest BCUT2D eigenvalue weighted by Gasteiger charge is -2.12. The second-order valence-corrected chi connectivity index (χ2v) is 36.7. The van der Waals surface area contributed by atoms with Crippen molar-refractivity contribution in [1.82, 2.24) is 37.9 Å². The molecule has 0 N–H and O–H groups in total. The summed E-state index contributed by atoms with van der Waals surface area (Å²) in [4.78, 5) is 59.4. The van der Waals surface area contributed by atoms with E-state index in [4.69, 9.17) is 9.47 Å². The number of aryl methyl sites for hydroxylation is 7. The Hall–Kier alpha value is -13.2. The van der Waals surface area contributed by atoms with Crippen molar-refractivity contribution in [3.8, 4) is 17.2 Å². The summed E-state index contributed by atoms with van der Waals surface area (Å²) < 4.78 is 47.3. The molecule has 0 fully saturated rings. The summed E-state index contributed by atoms with van der Waals surface area (Å²) in [7, 11) is 18.6. The van der Waals surface area contributed by atoms with Gasteiger partial charge in [0.15, 0.2) is 23.1 Å². The van der Waals surface area contributed by atoms with E-state index in [-0.39, 0.29) is 47.6 Å². The summed E-state index contributed by atoms with van der Waals surface area (Å²) in [6.07, 6.45) is 10.4. The summed E-state index contributed by atoms with van der Waals surface area (Å²) in [6, 6.07) is 89.6. The number of fused-ring (bicyclic) bond motifs is 4. The Bertz CT molecular complexity index is 6660. The number of carbonyl (C=O) groups is 4. The number of carbonyl (C=O) groups excluding carboxylic acids is 4. The van der Waals surface area contributed by atoms with Gasteiger partial charge in [-0.3, -0.25) is 19.2 Å². The monoisotopic (exact) mass is 1790 g/mol. The third-order valence-electron chi connectivity index (χ3n) is 25.5. The molecule has 4 aromatic heterocycles. The van der Waals surface area contributed by atoms with Crippen LogP contribution in [-0.2, 0) is 71.1 Å². The van der Waals surface area contributed by atoms with Crippen molar-refractivity contribution in [2.24, 2.45) is 0 Å². The van der Waals surface area contributed by atoms with Crippen LogP contribution in [0.1, 0.15) is 157 Å². The number of hydrogen-bond donors (Lipinski definition) is 0. The maximum atomic E-state index is 13.4. The lowest BCUT2D eigenvalue weighted by atomic mass is 9.98. The quantitative estimate of drug-likeness (QED) is 0.0348. The number of Topliss-reactive ketones (excluding diaryl/α,β-unsaturated/α-hetero) is 4. The molecule has 12 aromatic carbocycles. The Morgan fingerprint density at radius 2 is 0.627 bits per heavy atom. The third-order valence-corrected chi connectivity index (χ3v) is 25.5. The number of ketones is 4. The molecule has 16 rings (SSSR count). The van der Waals surface area contributed by atoms with E-state index in [0.717, 1.165) is 142 Å². The normalized spacial score (nSPS) is 11.4. The van der Waals surface area contributed by atoms with Gasteiger partial charge >= 0.3 is 0 Å². The van der Waals surface area contributed by atoms with E-state index in [2.05, 4.69) is 233 Å². The first-order chi connectivity index (χ1) is 64.6. The maximum Gasteiger partial charge on any atom is 0.167 e. The summed E-state index contributed by atoms with van der Waals surface area (Å²) in [6.45, 7) is 21.8. The molecule has 0 bridgehead atoms. The van der Waals surface area contributed by atoms with Crippen LogP contribution in [0.2, 0.25) is 0 Å². The van der Waals surface area contributed by atoms with Gasteiger partial charge in [-0.25, -0.2) is 8.78 Å². The molecule has 4 heterocycles. The van der Waals surface area contributed by atoms with E-state index in [0.29, 0.717) is 35.3 Å². The molecule has 0 radical (unpaired) electrons. The molecule has 0 aliphatic heterocycles. The minimum absolute atomic E-state index is 0.000256. The number of rotatable bonds is 37. The van der Waals surface area contributed by atoms with E-state index in [1.807, 2.05) is 115 Å². The van der Waals surface area contributed by atoms with E-state index >= 15 is 0 Å². The van der Waals surface area contributed by atoms with Gasteiger partial charge in [-0.1, -0.05) is 158 Å². The second kappa shape index (κ2) is 46.9. The number of nitrogens with zero attached hydrogens (tertiary/aromatic N) is 8. The topological polar surface area (TPSA) is 119 Å². The van der Waals surface area contributed by atoms with Gasteiger partial charge in [0.1, 0.15) is 28.9 Å². The molecule has 0 unspecified atom stereocenters. The fourth-order valence-electron chi connectivity index (χ4n) is 17.7. The first kappa shape index (κ1) is 98.3. The summed E-state index contributed by atoms with van der Waals surface area (Å²) in [5.41, 5.74) is 27.0. The lowest BCUT2D eigenvalue weighted by molar-refractivity contribution is 0.0984. The average Bonchev–Trinajstić information content (AvgIpc) is 1.63. The van der Waals surface area contributed by atoms with Crippen molar-refractivity contribution < 1.29 is 37.4 Å². The van der Waals surface area contributed by atoms with Crippen LogP contribution in [0, 0.1) is 53.2 Å². The van der Waals surface area contributed by atoms with Gasteiger partial charge in [0.25, 0.3) is 0 Å². The Balaban J connectivity index is 0.000000152. The molecule has 0 saturated carbocycles. The minimum Gasteiger partial charge on any atom is -0.497 e. The van der Waals surface area contributed by atoms with Crippen LogP contribution in [0.25, 0.3) is 43.6 Å². The summed E-state index contributed by atoms with van der Waals surface area (Å²) >= 11 is 0. The fourth-order valence-corrected chi connectivity index (χ4v) is 17.7. The minimum atomic E-state index is -0.313. The smallest absolute Gasteiger partial charge is 0.167 e. The first-order valence-corrected chi connectivity index (χ1v) is 46.8. The third kappa shape index (κ3) is 26.8. The van der Waals surface area contributed by atoms with Crippen molar-refractivity contribution in [3.63, 3.8) is 0 Å². The lowest BCUT2D eigenvalue weighted by Crippen LogP contribution is -2.15. The average molecular weight is 1790 g/mol. The molecule has 0 saturated heterocycles. The van der Waals surface area contributed by atoms with E-state index in [1.165, 1.54) is 130 Å². The van der Waals surface area contributed by atoms with Crippen molar-refractivity contribution in [3.05, 3.63) is 409 Å². The van der Waals surface area contributed by atoms with Gasteiger partial charge in [0.05, 0.1) is 7.11 Å². The summed E-state index contributed by atoms with van der Waals surface area (Å²) in [5.74, 6) is 1.86. The van der Waals surface area contributed by atoms with Crippen molar-refractivity contribution in [2.75, 3.05) is 89.7 Å². The predicted molar refractivity (Wildman–Crippen MR) is 547 cm³/mol. The highest BCUT2D eigenvalue weighted by molar-refractivity contribution is 6.00. The summed E-state index contributed by atoms with van der Waals surface area (Å²) in [5, 5.41) is 5.15. The van der Waals surface area contributed by atoms with E-state index in [1.54, 1.807) is 55.6 Å². The first-order valence-electron chi connectivity index (χ1n) is 46.8. The van der Waals surface area contributed by atoms with Gasteiger partial charge < -0.3 is 47.3 Å². The van der Waals surface area contributed by atoms with Crippen LogP contribution in [0.5, 0.6) is 17.2 Å². The standard InChI is InChI=1S/C31H36N2O2.C30H33FN2O.C30H34N2O.C27H27FN2O2/c1-22-23(2)33(17-7-16-32(3)4)30-15-12-26(20-29(22)30)18-24-10-13-27(14-11-24)31(34)21-25-8-6-9-28(19-25)35-5;1-21-22(2)33(16-6-15-32(3)4)29-14-11-25(19-28(21)29)17-23-9-12-26(13-10-23)30(34)20-24-7-5-8-27(31)18-24;1-22-23(2)32(18-8-17-31(3)4)29-16-13-26(20-28(22)29)19-25-11-14-27(15-12-25)30(33)21-24-9-6-5-7-10-24;1-29(2)15-3-16-30-17-14-22-19-25(12-13-26(22)30)32-24-10-6-21(7-11-24)27(31)18-20-4-8-23(28)9-5-20/h6,8-15,19-20H,7,16-18,21H2,1-5H3;5,7-14,18-19H,6,15-17,20H2,1-4H3;5-7,9-16,20H,8,17-19,21H2,1-4H3;4-14,17,19H,3,15-16,18H2,1-2H3. The van der Waals surface area contributed by atoms with Crippen LogP contribution >= 0.6 is 0 Å². The highest BCUT2D eigenvalue weighted by atomic mass is 19.1. The largest absolute Gasteiger partial charge is 0.497 e. The highest BCUT2D eigenvalue weighted by Gasteiger charge is 2.20. The van der Waals surface area contributed by atoms with Crippen LogP contribution in [0.15, 0.2) is 285 Å². The Labute approximate surface area is 791 Å². The van der Waals surface area contributed by atoms with Gasteiger partial charge in [-0.15, -0.1) is 0 Å². The molecule has 14 nitrogen and oxygen atoms in total. The molecular weight excluding hydrogens is 1660 g/mol. The van der Waals surface area contributed by atoms with Crippen LogP contribution in [-0.4, -0.2) is 151 Å². The second-order valence-electron chi connectivity index (χ2n) is 36.7. The van der Waals surface area contributed by atoms with Gasteiger partial charge in [0, 0.05) is 141 Å². The fraction of sp³-hybridized carbons (Fsp3) is 0.288. The number of ether oxygens (including phenoxy) is 2. The van der Waals surface area contributed by atoms with Crippen LogP contribution in [0.4, 0.5) is 8.78 Å². The molecule has 0 aliphatic rings. The molecule has 0 amide bonds. The number of methoxy groups -OCH3 is 1. The van der Waals surface area contributed by atoms with Gasteiger partial charge in [-0.05, 0) is 363 Å². The van der Waals surface area contributed by atoms with Crippen molar-refractivity contribution in [1.29, 1.82) is 0 Å². The molecule has 0 atom stereocenters. The van der Waals surface area contributed by atoms with Crippen molar-refractivity contribution in [2.45, 2.75) is 138 Å². The maximum absolute atomic E-state index is 13.4. The number of halogens is 2. The van der Waals surface area contributed by atoms with Crippen molar-refractivity contribution >= 4 is 66.7 Å². The SMILES string of the molecule is CN(C)CCCn1ccc2cc(Oc3ccc(C(=O)Cc4ccc(F)cc4)cc3)ccc21.COc1cccc(CC(=O)c2ccc(Cc3ccc4c(c3)c(C)c(C)n4CCCN(C)C)cc2)c1.Cc1c(C)n(CCCN(C)C)c2ccc(Cc3ccc(C(=O)Cc4cccc(F)c4)cc3)cc12.Cc1c(C)n(CCCN(C)C)c2ccc(Cc3ccc(C(=O)Cc4ccccc4)cc3)cc12. The number of hydrogen-bond acceptors (Lipinski definition) is 10. The zero-order valence-corrected chi connectivity index (χ0v) is 80.9. The molecular formula is C118H130F2N8O6. The molecule has 0 spiro atoms. The van der Waals surface area contributed by atoms with E-state index in [9.17, 15) is 28.0 Å². The van der Waals surface area contributed by atoms with Crippen LogP contribution < -0.4 is 9.47 Å². The zero-order chi connectivity index (χ0) is 95.1. The van der Waals surface area contributed by atoms with Gasteiger partial charge in [0.2, 0.25) is 0 Å². The van der Waals surface area contributed by atoms with Gasteiger partial charge in [-0.2, -0.15) is 0 Å². The molecule has 692 valence electrons. The highest BCUT2D eigenvalue weighted by Crippen LogP contribution is 2.34. The zero-order valence-electron chi connectivity index (χ0n) is 80.9. The molecule has 16 aromatic rings. The molecule has 16 heteroatoms. The van der Waals surface area contributed by atoms with Crippen LogP contribution in [0.3, 0.4) is 0 Å². The predicted octanol–water partition coefficient (Wildman–Crippen LogP) is 24.8.